The highest BCUT2D eigenvalue weighted by Crippen LogP contribution is 2.30. The normalized spacial score (nSPS) is 14.6. The molecule has 7 nitrogen and oxygen atoms in total. The summed E-state index contributed by atoms with van der Waals surface area (Å²) in [5.41, 5.74) is 1.43. The molecule has 37 heavy (non-hydrogen) atoms. The maximum atomic E-state index is 13.8. The van der Waals surface area contributed by atoms with Gasteiger partial charge in [-0.15, -0.1) is 0 Å². The van der Waals surface area contributed by atoms with Gasteiger partial charge in [-0.3, -0.25) is 9.59 Å². The number of amides is 2. The zero-order valence-corrected chi connectivity index (χ0v) is 21.2. The van der Waals surface area contributed by atoms with Gasteiger partial charge in [-0.05, 0) is 66.8 Å². The summed E-state index contributed by atoms with van der Waals surface area (Å²) in [7, 11) is 3.13. The Morgan fingerprint density at radius 2 is 1.76 bits per heavy atom. The molecule has 0 saturated heterocycles. The second-order valence-corrected chi connectivity index (χ2v) is 9.21. The van der Waals surface area contributed by atoms with E-state index in [0.29, 0.717) is 23.5 Å². The predicted molar refractivity (Wildman–Crippen MR) is 137 cm³/mol. The summed E-state index contributed by atoms with van der Waals surface area (Å²) in [6.45, 7) is 0.217. The number of carbonyl (C=O) groups is 2. The number of hydrogen-bond acceptors (Lipinski definition) is 5. The zero-order valence-electron chi connectivity index (χ0n) is 21.2. The van der Waals surface area contributed by atoms with Crippen LogP contribution >= 0.6 is 0 Å². The van der Waals surface area contributed by atoms with Crippen LogP contribution in [0.4, 0.5) is 4.39 Å². The van der Waals surface area contributed by atoms with E-state index in [-0.39, 0.29) is 24.3 Å². The molecule has 1 heterocycles. The number of nitrogens with one attached hydrogen (secondary N) is 1. The van der Waals surface area contributed by atoms with Crippen molar-refractivity contribution in [2.45, 2.75) is 50.6 Å². The van der Waals surface area contributed by atoms with Crippen molar-refractivity contribution in [1.82, 2.24) is 10.2 Å². The molecule has 0 spiro atoms. The summed E-state index contributed by atoms with van der Waals surface area (Å²) in [5, 5.41) is 3.15. The van der Waals surface area contributed by atoms with Gasteiger partial charge in [-0.25, -0.2) is 4.39 Å². The number of ether oxygens (including phenoxy) is 2. The van der Waals surface area contributed by atoms with E-state index in [1.165, 1.54) is 23.3 Å². The van der Waals surface area contributed by atoms with Crippen LogP contribution in [0.25, 0.3) is 0 Å². The number of nitrogens with zero attached hydrogens (tertiary/aromatic N) is 1. The number of benzene rings is 2. The van der Waals surface area contributed by atoms with E-state index in [4.69, 9.17) is 13.9 Å². The molecule has 2 aromatic carbocycles. The lowest BCUT2D eigenvalue weighted by atomic mass is 9.94. The van der Waals surface area contributed by atoms with Crippen molar-refractivity contribution in [3.63, 3.8) is 0 Å². The number of rotatable bonds is 10. The van der Waals surface area contributed by atoms with Crippen molar-refractivity contribution in [1.29, 1.82) is 0 Å². The lowest BCUT2D eigenvalue weighted by Gasteiger charge is -2.33. The van der Waals surface area contributed by atoms with Crippen molar-refractivity contribution in [2.24, 2.45) is 0 Å². The monoisotopic (exact) mass is 508 g/mol. The highest BCUT2D eigenvalue weighted by atomic mass is 19.1. The van der Waals surface area contributed by atoms with Crippen molar-refractivity contribution in [3.8, 4) is 11.5 Å². The van der Waals surface area contributed by atoms with Gasteiger partial charge in [-0.1, -0.05) is 37.5 Å². The molecule has 1 atom stereocenters. The van der Waals surface area contributed by atoms with E-state index < -0.39 is 17.8 Å². The highest BCUT2D eigenvalue weighted by Gasteiger charge is 2.34. The molecule has 0 bridgehead atoms. The third-order valence-electron chi connectivity index (χ3n) is 6.78. The standard InChI is InChI=1S/C29H33FN2O5/c1-35-24-15-10-20(19-26(24)36-2)16-17-32(29(34)25-9-6-18-37-25)27(21-11-13-22(30)14-12-21)28(33)31-23-7-4-3-5-8-23/h6,9-15,18-19,23,27H,3-5,7-8,16-17H2,1-2H3,(H,31,33). The van der Waals surface area contributed by atoms with Crippen LogP contribution < -0.4 is 14.8 Å². The van der Waals surface area contributed by atoms with Gasteiger partial charge in [0.05, 0.1) is 20.5 Å². The van der Waals surface area contributed by atoms with Gasteiger partial charge < -0.3 is 24.1 Å². The molecule has 2 amide bonds. The first kappa shape index (κ1) is 26.3. The number of methoxy groups -OCH3 is 2. The second kappa shape index (κ2) is 12.4. The van der Waals surface area contributed by atoms with Crippen molar-refractivity contribution < 1.29 is 27.9 Å². The van der Waals surface area contributed by atoms with Gasteiger partial charge in [-0.2, -0.15) is 0 Å². The van der Waals surface area contributed by atoms with Crippen LogP contribution in [0.2, 0.25) is 0 Å². The smallest absolute Gasteiger partial charge is 0.290 e. The fourth-order valence-corrected chi connectivity index (χ4v) is 4.82. The first-order valence-corrected chi connectivity index (χ1v) is 12.6. The van der Waals surface area contributed by atoms with Crippen LogP contribution in [0, 0.1) is 5.82 Å². The first-order chi connectivity index (χ1) is 18.0. The summed E-state index contributed by atoms with van der Waals surface area (Å²) in [4.78, 5) is 28.9. The fourth-order valence-electron chi connectivity index (χ4n) is 4.82. The Morgan fingerprint density at radius 1 is 1.03 bits per heavy atom. The Bertz CT molecular complexity index is 1170. The zero-order chi connectivity index (χ0) is 26.2. The SMILES string of the molecule is COc1ccc(CCN(C(=O)c2ccco2)C(C(=O)NC2CCCCC2)c2ccc(F)cc2)cc1OC. The Balaban J connectivity index is 1.67. The molecule has 8 heteroatoms. The predicted octanol–water partition coefficient (Wildman–Crippen LogP) is 5.31. The molecule has 0 radical (unpaired) electrons. The first-order valence-electron chi connectivity index (χ1n) is 12.6. The van der Waals surface area contributed by atoms with Crippen LogP contribution in [-0.4, -0.2) is 43.5 Å². The minimum Gasteiger partial charge on any atom is -0.493 e. The number of carbonyl (C=O) groups excluding carboxylic acids is 2. The van der Waals surface area contributed by atoms with E-state index >= 15 is 0 Å². The molecule has 1 aliphatic rings. The fraction of sp³-hybridized carbons (Fsp3) is 0.379. The van der Waals surface area contributed by atoms with Gasteiger partial charge >= 0.3 is 0 Å². The number of hydrogen-bond donors (Lipinski definition) is 1. The third kappa shape index (κ3) is 6.50. The molecular formula is C29H33FN2O5. The number of halogens is 1. The Morgan fingerprint density at radius 3 is 2.41 bits per heavy atom. The maximum Gasteiger partial charge on any atom is 0.290 e. The van der Waals surface area contributed by atoms with E-state index in [1.807, 2.05) is 12.1 Å². The molecule has 1 fully saturated rings. The third-order valence-corrected chi connectivity index (χ3v) is 6.78. The summed E-state index contributed by atoms with van der Waals surface area (Å²) in [6, 6.07) is 13.6. The molecule has 3 aromatic rings. The molecule has 1 aromatic heterocycles. The van der Waals surface area contributed by atoms with E-state index in [1.54, 1.807) is 44.6 Å². The average molecular weight is 509 g/mol. The summed E-state index contributed by atoms with van der Waals surface area (Å²) in [5.74, 6) is 0.193. The van der Waals surface area contributed by atoms with Gasteiger partial charge in [0.15, 0.2) is 17.3 Å². The quantitative estimate of drug-likeness (QED) is 0.401. The Kier molecular flexibility index (Phi) is 8.82. The van der Waals surface area contributed by atoms with Crippen LogP contribution in [-0.2, 0) is 11.2 Å². The molecule has 196 valence electrons. The Hall–Kier alpha value is -3.81. The minimum absolute atomic E-state index is 0.0515. The van der Waals surface area contributed by atoms with E-state index in [0.717, 1.165) is 37.7 Å². The van der Waals surface area contributed by atoms with Gasteiger partial charge in [0, 0.05) is 12.6 Å². The number of furan rings is 1. The molecule has 1 saturated carbocycles. The van der Waals surface area contributed by atoms with Gasteiger partial charge in [0.25, 0.3) is 5.91 Å². The largest absolute Gasteiger partial charge is 0.493 e. The molecule has 0 aliphatic heterocycles. The maximum absolute atomic E-state index is 13.8. The topological polar surface area (TPSA) is 81.0 Å². The molecule has 1 N–H and O–H groups in total. The van der Waals surface area contributed by atoms with Crippen molar-refractivity contribution in [2.75, 3.05) is 20.8 Å². The molecule has 1 aliphatic carbocycles. The lowest BCUT2D eigenvalue weighted by Crippen LogP contribution is -2.47. The van der Waals surface area contributed by atoms with Crippen LogP contribution in [0.15, 0.2) is 65.3 Å². The molecule has 1 unspecified atom stereocenters. The van der Waals surface area contributed by atoms with Gasteiger partial charge in [0.2, 0.25) is 5.91 Å². The molecule has 4 rings (SSSR count). The highest BCUT2D eigenvalue weighted by molar-refractivity contribution is 5.96. The summed E-state index contributed by atoms with van der Waals surface area (Å²) in [6.07, 6.45) is 6.94. The summed E-state index contributed by atoms with van der Waals surface area (Å²) >= 11 is 0. The Labute approximate surface area is 216 Å². The van der Waals surface area contributed by atoms with Crippen molar-refractivity contribution >= 4 is 11.8 Å². The molecular weight excluding hydrogens is 475 g/mol. The minimum atomic E-state index is -0.958. The summed E-state index contributed by atoms with van der Waals surface area (Å²) < 4.78 is 30.0. The van der Waals surface area contributed by atoms with E-state index in [9.17, 15) is 14.0 Å². The van der Waals surface area contributed by atoms with E-state index in [2.05, 4.69) is 5.32 Å². The van der Waals surface area contributed by atoms with Crippen LogP contribution in [0.5, 0.6) is 11.5 Å². The van der Waals surface area contributed by atoms with Crippen LogP contribution in [0.1, 0.15) is 59.8 Å². The van der Waals surface area contributed by atoms with Crippen LogP contribution in [0.3, 0.4) is 0 Å². The average Bonchev–Trinajstić information content (AvgIpc) is 3.47. The second-order valence-electron chi connectivity index (χ2n) is 9.21. The van der Waals surface area contributed by atoms with Gasteiger partial charge in [0.1, 0.15) is 11.9 Å². The van der Waals surface area contributed by atoms with Crippen molar-refractivity contribution in [3.05, 3.63) is 83.6 Å². The lowest BCUT2D eigenvalue weighted by molar-refractivity contribution is -0.126.